The smallest absolute Gasteiger partial charge is 0.261 e. The monoisotopic (exact) mass is 582 g/mol. The molecule has 0 spiro atoms. The Morgan fingerprint density at radius 2 is 1.42 bits per heavy atom. The molecule has 0 atom stereocenters. The lowest BCUT2D eigenvalue weighted by Gasteiger charge is -2.31. The van der Waals surface area contributed by atoms with E-state index < -0.39 is 0 Å². The molecule has 0 saturated heterocycles. The lowest BCUT2D eigenvalue weighted by atomic mass is 9.94. The molecule has 0 unspecified atom stereocenters. The van der Waals surface area contributed by atoms with Crippen LogP contribution in [-0.4, -0.2) is 35.7 Å². The third-order valence-electron chi connectivity index (χ3n) is 6.88. The number of hydrogen-bond acceptors (Lipinski definition) is 3. The Labute approximate surface area is 232 Å². The lowest BCUT2D eigenvalue weighted by molar-refractivity contribution is 0.0611. The van der Waals surface area contributed by atoms with Gasteiger partial charge < -0.3 is 4.90 Å². The number of benzene rings is 5. The Balaban J connectivity index is 1.39. The molecule has 7 heteroatoms. The van der Waals surface area contributed by atoms with E-state index in [1.54, 1.807) is 41.3 Å². The third-order valence-corrected chi connectivity index (χ3v) is 7.82. The van der Waals surface area contributed by atoms with Crippen LogP contribution in [0.5, 0.6) is 0 Å². The van der Waals surface area contributed by atoms with Crippen LogP contribution < -0.4 is 4.90 Å². The molecule has 5 aromatic rings. The second-order valence-corrected chi connectivity index (χ2v) is 10.3. The van der Waals surface area contributed by atoms with Gasteiger partial charge in [-0.05, 0) is 59.3 Å². The van der Waals surface area contributed by atoms with E-state index in [1.807, 2.05) is 60.7 Å². The zero-order chi connectivity index (χ0) is 26.4. The highest BCUT2D eigenvalue weighted by atomic mass is 79.9. The molecule has 0 fully saturated rings. The molecule has 1 aliphatic heterocycles. The number of nitrogens with zero attached hydrogens (tertiary/aromatic N) is 2. The van der Waals surface area contributed by atoms with Crippen molar-refractivity contribution in [2.45, 2.75) is 0 Å². The van der Waals surface area contributed by atoms with Crippen molar-refractivity contribution in [2.75, 3.05) is 18.0 Å². The summed E-state index contributed by atoms with van der Waals surface area (Å²) in [5.41, 5.74) is 2.10. The van der Waals surface area contributed by atoms with Gasteiger partial charge in [-0.15, -0.1) is 0 Å². The number of hydrogen-bond donors (Lipinski definition) is 0. The fraction of sp³-hybridized carbons (Fsp3) is 0.0645. The first-order chi connectivity index (χ1) is 18.4. The first kappa shape index (κ1) is 24.3. The number of imide groups is 1. The largest absolute Gasteiger partial charge is 0.306 e. The van der Waals surface area contributed by atoms with E-state index >= 15 is 0 Å². The Morgan fingerprint density at radius 1 is 0.763 bits per heavy atom. The highest BCUT2D eigenvalue weighted by molar-refractivity contribution is 9.10. The molecule has 0 N–H and O–H groups in total. The standard InChI is InChI=1S/C31H20BrClN2O3/c32-26-16-15-25-28-23(26)8-4-9-24(28)30(37)35(31(25)38)18-17-34(29(36)20-11-13-21(33)14-12-20)27-10-3-6-19-5-1-2-7-22(19)27/h1-16H,17-18H2. The number of rotatable bonds is 5. The minimum absolute atomic E-state index is 0.0338. The number of carbonyl (C=O) groups excluding carboxylic acids is 3. The predicted octanol–water partition coefficient (Wildman–Crippen LogP) is 7.35. The second kappa shape index (κ2) is 9.71. The number of halogens is 2. The van der Waals surface area contributed by atoms with Crippen LogP contribution in [0.1, 0.15) is 31.1 Å². The van der Waals surface area contributed by atoms with Crippen LogP contribution in [0.25, 0.3) is 21.5 Å². The van der Waals surface area contributed by atoms with E-state index in [0.29, 0.717) is 32.8 Å². The Morgan fingerprint density at radius 3 is 2.21 bits per heavy atom. The molecule has 38 heavy (non-hydrogen) atoms. The molecule has 0 aliphatic carbocycles. The topological polar surface area (TPSA) is 57.7 Å². The second-order valence-electron chi connectivity index (χ2n) is 9.05. The summed E-state index contributed by atoms with van der Waals surface area (Å²) in [7, 11) is 0. The van der Waals surface area contributed by atoms with E-state index in [4.69, 9.17) is 11.6 Å². The summed E-state index contributed by atoms with van der Waals surface area (Å²) in [6, 6.07) is 29.2. The molecule has 5 nitrogen and oxygen atoms in total. The maximum absolute atomic E-state index is 13.8. The number of anilines is 1. The van der Waals surface area contributed by atoms with Gasteiger partial charge in [0.15, 0.2) is 0 Å². The summed E-state index contributed by atoms with van der Waals surface area (Å²) < 4.78 is 0.822. The fourth-order valence-electron chi connectivity index (χ4n) is 5.04. The number of carbonyl (C=O) groups is 3. The van der Waals surface area contributed by atoms with E-state index in [9.17, 15) is 14.4 Å². The van der Waals surface area contributed by atoms with Crippen molar-refractivity contribution in [1.82, 2.24) is 4.90 Å². The van der Waals surface area contributed by atoms with Crippen molar-refractivity contribution in [2.24, 2.45) is 0 Å². The maximum Gasteiger partial charge on any atom is 0.261 e. The Hall–Kier alpha value is -4.00. The molecule has 6 rings (SSSR count). The Kier molecular flexibility index (Phi) is 6.22. The van der Waals surface area contributed by atoms with Crippen molar-refractivity contribution in [3.63, 3.8) is 0 Å². The molecule has 3 amide bonds. The normalized spacial score (nSPS) is 12.8. The van der Waals surface area contributed by atoms with Gasteiger partial charge in [0.05, 0.1) is 5.69 Å². The van der Waals surface area contributed by atoms with Crippen LogP contribution in [0.3, 0.4) is 0 Å². The molecule has 186 valence electrons. The molecule has 0 saturated carbocycles. The minimum Gasteiger partial charge on any atom is -0.306 e. The molecule has 5 aromatic carbocycles. The highest BCUT2D eigenvalue weighted by Crippen LogP contribution is 2.35. The number of amides is 3. The van der Waals surface area contributed by atoms with Gasteiger partial charge in [-0.3, -0.25) is 19.3 Å². The zero-order valence-corrected chi connectivity index (χ0v) is 22.4. The van der Waals surface area contributed by atoms with Crippen LogP contribution in [0.2, 0.25) is 5.02 Å². The van der Waals surface area contributed by atoms with Gasteiger partial charge in [-0.2, -0.15) is 0 Å². The van der Waals surface area contributed by atoms with Gasteiger partial charge in [0.2, 0.25) is 0 Å². The van der Waals surface area contributed by atoms with Crippen molar-refractivity contribution in [3.05, 3.63) is 123 Å². The van der Waals surface area contributed by atoms with Gasteiger partial charge in [0.1, 0.15) is 0 Å². The lowest BCUT2D eigenvalue weighted by Crippen LogP contribution is -2.46. The zero-order valence-electron chi connectivity index (χ0n) is 20.0. The molecule has 0 bridgehead atoms. The Bertz CT molecular complexity index is 1740. The van der Waals surface area contributed by atoms with Crippen LogP contribution in [-0.2, 0) is 0 Å². The third kappa shape index (κ3) is 4.06. The van der Waals surface area contributed by atoms with Gasteiger partial charge >= 0.3 is 0 Å². The first-order valence-corrected chi connectivity index (χ1v) is 13.2. The summed E-state index contributed by atoms with van der Waals surface area (Å²) in [4.78, 5) is 43.7. The van der Waals surface area contributed by atoms with E-state index in [0.717, 1.165) is 20.6 Å². The fourth-order valence-corrected chi connectivity index (χ4v) is 5.63. The van der Waals surface area contributed by atoms with E-state index in [1.165, 1.54) is 4.90 Å². The van der Waals surface area contributed by atoms with Crippen LogP contribution >= 0.6 is 27.5 Å². The quantitative estimate of drug-likeness (QED) is 0.203. The van der Waals surface area contributed by atoms with E-state index in [2.05, 4.69) is 15.9 Å². The van der Waals surface area contributed by atoms with E-state index in [-0.39, 0.29) is 30.8 Å². The molecule has 1 aliphatic rings. The maximum atomic E-state index is 13.8. The highest BCUT2D eigenvalue weighted by Gasteiger charge is 2.34. The van der Waals surface area contributed by atoms with Gasteiger partial charge in [0, 0.05) is 50.0 Å². The first-order valence-electron chi connectivity index (χ1n) is 12.1. The average Bonchev–Trinajstić information content (AvgIpc) is 2.94. The van der Waals surface area contributed by atoms with Crippen molar-refractivity contribution >= 4 is 72.5 Å². The van der Waals surface area contributed by atoms with Crippen molar-refractivity contribution in [1.29, 1.82) is 0 Å². The molecule has 1 heterocycles. The summed E-state index contributed by atoms with van der Waals surface area (Å²) in [6.45, 7) is 0.154. The van der Waals surface area contributed by atoms with Crippen LogP contribution in [0, 0.1) is 0 Å². The molecular weight excluding hydrogens is 564 g/mol. The molecular formula is C31H20BrClN2O3. The SMILES string of the molecule is O=C1c2cccc3c(Br)ccc(c23)C(=O)N1CCN(C(=O)c1ccc(Cl)cc1)c1cccc2ccccc12. The number of fused-ring (bicyclic) bond motifs is 1. The summed E-state index contributed by atoms with van der Waals surface area (Å²) in [5.74, 6) is -0.993. The summed E-state index contributed by atoms with van der Waals surface area (Å²) >= 11 is 9.58. The average molecular weight is 584 g/mol. The predicted molar refractivity (Wildman–Crippen MR) is 154 cm³/mol. The van der Waals surface area contributed by atoms with Crippen LogP contribution in [0.15, 0.2) is 102 Å². The van der Waals surface area contributed by atoms with Crippen molar-refractivity contribution in [3.8, 4) is 0 Å². The summed E-state index contributed by atoms with van der Waals surface area (Å²) in [6.07, 6.45) is 0. The minimum atomic E-state index is -0.372. The molecule has 0 radical (unpaired) electrons. The van der Waals surface area contributed by atoms with Gasteiger partial charge in [0.25, 0.3) is 17.7 Å². The van der Waals surface area contributed by atoms with Crippen molar-refractivity contribution < 1.29 is 14.4 Å². The van der Waals surface area contributed by atoms with Gasteiger partial charge in [-0.1, -0.05) is 76.1 Å². The van der Waals surface area contributed by atoms with Gasteiger partial charge in [-0.25, -0.2) is 0 Å². The van der Waals surface area contributed by atoms with Crippen LogP contribution in [0.4, 0.5) is 5.69 Å². The molecule has 0 aromatic heterocycles. The summed E-state index contributed by atoms with van der Waals surface area (Å²) in [5, 5.41) is 3.87.